The number of amides is 2. The molecule has 2 unspecified atom stereocenters. The molecule has 12 heteroatoms. The van der Waals surface area contributed by atoms with Gasteiger partial charge < -0.3 is 20.1 Å². The molecule has 0 aromatic heterocycles. The van der Waals surface area contributed by atoms with Gasteiger partial charge in [0.05, 0.1) is 31.8 Å². The molecule has 7 nitrogen and oxygen atoms in total. The van der Waals surface area contributed by atoms with E-state index in [1.165, 1.54) is 25.3 Å². The summed E-state index contributed by atoms with van der Waals surface area (Å²) in [5.41, 5.74) is 0.102. The van der Waals surface area contributed by atoms with Crippen LogP contribution in [0.2, 0.25) is 0 Å². The van der Waals surface area contributed by atoms with Gasteiger partial charge in [0.15, 0.2) is 23.1 Å². The molecule has 2 amide bonds. The van der Waals surface area contributed by atoms with Crippen LogP contribution in [0.25, 0.3) is 0 Å². The zero-order valence-corrected chi connectivity index (χ0v) is 20.6. The Labute approximate surface area is 210 Å². The molecule has 2 aromatic carbocycles. The minimum absolute atomic E-state index is 0.0734. The second-order valence-electron chi connectivity index (χ2n) is 9.76. The van der Waals surface area contributed by atoms with Gasteiger partial charge in [-0.25, -0.2) is 8.78 Å². The number of hydrogen-bond acceptors (Lipinski definition) is 5. The number of alkyl halides is 3. The second-order valence-corrected chi connectivity index (χ2v) is 9.76. The van der Waals surface area contributed by atoms with Gasteiger partial charge in [0.2, 0.25) is 11.8 Å². The molecule has 1 fully saturated rings. The molecule has 0 saturated carbocycles. The summed E-state index contributed by atoms with van der Waals surface area (Å²) < 4.78 is 74.5. The molecule has 0 spiro atoms. The van der Waals surface area contributed by atoms with E-state index in [2.05, 4.69) is 20.7 Å². The minimum atomic E-state index is -5.05. The van der Waals surface area contributed by atoms with Gasteiger partial charge in [-0.15, -0.1) is 13.2 Å². The molecule has 1 aliphatic rings. The lowest BCUT2D eigenvalue weighted by Gasteiger charge is -2.36. The van der Waals surface area contributed by atoms with Crippen molar-refractivity contribution in [1.82, 2.24) is 16.0 Å². The van der Waals surface area contributed by atoms with Crippen molar-refractivity contribution in [2.75, 3.05) is 7.11 Å². The Morgan fingerprint density at radius 3 is 2.30 bits per heavy atom. The standard InChI is InChI=1S/C25H28F5N3O4/c1-24(2,3)22(14-6-8-19(16(27)11-14)37-25(28,29)30)33-23(35)17-12-21(34)32-20(31-17)10-13-5-7-18(36-4)15(26)9-13/h5-9,11,17,20,22,31H,10,12H2,1-4H3,(H,32,34)(H,33,35)/t17?,20?,22-/m0/s1. The fourth-order valence-electron chi connectivity index (χ4n) is 4.08. The first-order chi connectivity index (χ1) is 17.2. The SMILES string of the molecule is COc1ccc(CC2NC(=O)CC(C(=O)N[C@@H](c3ccc(OC(F)(F)F)c(F)c3)C(C)(C)C)N2)cc1F. The van der Waals surface area contributed by atoms with Crippen molar-refractivity contribution in [2.24, 2.45) is 5.41 Å². The monoisotopic (exact) mass is 529 g/mol. The second kappa shape index (κ2) is 10.9. The summed E-state index contributed by atoms with van der Waals surface area (Å²) in [6, 6.07) is 5.56. The molecule has 37 heavy (non-hydrogen) atoms. The summed E-state index contributed by atoms with van der Waals surface area (Å²) in [5.74, 6) is -3.67. The molecular formula is C25H28F5N3O4. The summed E-state index contributed by atoms with van der Waals surface area (Å²) in [7, 11) is 1.34. The maximum atomic E-state index is 14.4. The van der Waals surface area contributed by atoms with Crippen molar-refractivity contribution in [3.8, 4) is 11.5 Å². The number of benzene rings is 2. The van der Waals surface area contributed by atoms with Crippen molar-refractivity contribution in [2.45, 2.75) is 58.2 Å². The van der Waals surface area contributed by atoms with Crippen molar-refractivity contribution < 1.29 is 41.0 Å². The molecule has 3 rings (SSSR count). The smallest absolute Gasteiger partial charge is 0.494 e. The van der Waals surface area contributed by atoms with Gasteiger partial charge in [0.25, 0.3) is 0 Å². The number of methoxy groups -OCH3 is 1. The van der Waals surface area contributed by atoms with Crippen LogP contribution in [-0.2, 0) is 16.0 Å². The van der Waals surface area contributed by atoms with Crippen molar-refractivity contribution in [3.63, 3.8) is 0 Å². The van der Waals surface area contributed by atoms with E-state index in [4.69, 9.17) is 4.74 Å². The molecule has 3 N–H and O–H groups in total. The molecule has 3 atom stereocenters. The lowest BCUT2D eigenvalue weighted by atomic mass is 9.82. The van der Waals surface area contributed by atoms with E-state index in [0.29, 0.717) is 5.56 Å². The summed E-state index contributed by atoms with van der Waals surface area (Å²) in [6.45, 7) is 5.29. The van der Waals surface area contributed by atoms with Crippen LogP contribution < -0.4 is 25.4 Å². The van der Waals surface area contributed by atoms with Crippen LogP contribution >= 0.6 is 0 Å². The summed E-state index contributed by atoms with van der Waals surface area (Å²) in [6.07, 6.45) is -5.72. The Bertz CT molecular complexity index is 1150. The number of ether oxygens (including phenoxy) is 2. The number of carbonyl (C=O) groups is 2. The lowest BCUT2D eigenvalue weighted by Crippen LogP contribution is -2.61. The molecule has 0 bridgehead atoms. The van der Waals surface area contributed by atoms with Crippen LogP contribution in [0.4, 0.5) is 22.0 Å². The van der Waals surface area contributed by atoms with Crippen LogP contribution in [-0.4, -0.2) is 37.5 Å². The molecule has 202 valence electrons. The molecule has 1 saturated heterocycles. The average molecular weight is 530 g/mol. The number of carbonyl (C=O) groups excluding carboxylic acids is 2. The zero-order chi connectivity index (χ0) is 27.5. The highest BCUT2D eigenvalue weighted by Gasteiger charge is 2.36. The van der Waals surface area contributed by atoms with Gasteiger partial charge in [0, 0.05) is 6.42 Å². The maximum absolute atomic E-state index is 14.4. The van der Waals surface area contributed by atoms with E-state index in [-0.39, 0.29) is 24.2 Å². The number of hydrogen-bond donors (Lipinski definition) is 3. The van der Waals surface area contributed by atoms with Gasteiger partial charge in [-0.2, -0.15) is 0 Å². The van der Waals surface area contributed by atoms with E-state index >= 15 is 0 Å². The van der Waals surface area contributed by atoms with Gasteiger partial charge in [-0.3, -0.25) is 14.9 Å². The fourth-order valence-corrected chi connectivity index (χ4v) is 4.08. The fraction of sp³-hybridized carbons (Fsp3) is 0.440. The quantitative estimate of drug-likeness (QED) is 0.470. The molecular weight excluding hydrogens is 501 g/mol. The summed E-state index contributed by atoms with van der Waals surface area (Å²) >= 11 is 0. The molecule has 2 aromatic rings. The molecule has 0 aliphatic carbocycles. The number of nitrogens with one attached hydrogen (secondary N) is 3. The van der Waals surface area contributed by atoms with Crippen molar-refractivity contribution in [1.29, 1.82) is 0 Å². The Hall–Kier alpha value is -3.41. The van der Waals surface area contributed by atoms with E-state index in [0.717, 1.165) is 12.1 Å². The zero-order valence-electron chi connectivity index (χ0n) is 20.6. The average Bonchev–Trinajstić information content (AvgIpc) is 2.77. The van der Waals surface area contributed by atoms with E-state index < -0.39 is 59.2 Å². The molecule has 1 heterocycles. The highest BCUT2D eigenvalue weighted by Crippen LogP contribution is 2.35. The summed E-state index contributed by atoms with van der Waals surface area (Å²) in [5, 5.41) is 8.50. The van der Waals surface area contributed by atoms with Gasteiger partial charge in [-0.1, -0.05) is 32.9 Å². The topological polar surface area (TPSA) is 88.7 Å². The van der Waals surface area contributed by atoms with E-state index in [9.17, 15) is 31.5 Å². The first-order valence-electron chi connectivity index (χ1n) is 11.4. The van der Waals surface area contributed by atoms with Crippen LogP contribution in [0.15, 0.2) is 36.4 Å². The van der Waals surface area contributed by atoms with Crippen LogP contribution in [0.5, 0.6) is 11.5 Å². The predicted octanol–water partition coefficient (Wildman–Crippen LogP) is 4.12. The highest BCUT2D eigenvalue weighted by atomic mass is 19.4. The van der Waals surface area contributed by atoms with Crippen molar-refractivity contribution >= 4 is 11.8 Å². The highest BCUT2D eigenvalue weighted by molar-refractivity contribution is 5.89. The van der Waals surface area contributed by atoms with Crippen molar-refractivity contribution in [3.05, 3.63) is 59.2 Å². The third-order valence-corrected chi connectivity index (χ3v) is 5.77. The van der Waals surface area contributed by atoms with Gasteiger partial charge >= 0.3 is 6.36 Å². The van der Waals surface area contributed by atoms with E-state index in [1.807, 2.05) is 0 Å². The normalized spacial score (nSPS) is 19.1. The Kier molecular flexibility index (Phi) is 8.31. The minimum Gasteiger partial charge on any atom is -0.494 e. The largest absolute Gasteiger partial charge is 0.573 e. The first kappa shape index (κ1) is 28.2. The van der Waals surface area contributed by atoms with Crippen LogP contribution in [0, 0.1) is 17.0 Å². The van der Waals surface area contributed by atoms with E-state index in [1.54, 1.807) is 26.8 Å². The summed E-state index contributed by atoms with van der Waals surface area (Å²) in [4.78, 5) is 25.5. The molecule has 0 radical (unpaired) electrons. The Morgan fingerprint density at radius 1 is 1.08 bits per heavy atom. The van der Waals surface area contributed by atoms with Crippen LogP contribution in [0.3, 0.4) is 0 Å². The van der Waals surface area contributed by atoms with Gasteiger partial charge in [-0.05, 0) is 40.8 Å². The third kappa shape index (κ3) is 7.54. The molecule has 1 aliphatic heterocycles. The number of rotatable bonds is 7. The Morgan fingerprint density at radius 2 is 1.73 bits per heavy atom. The maximum Gasteiger partial charge on any atom is 0.573 e. The third-order valence-electron chi connectivity index (χ3n) is 5.77. The lowest BCUT2D eigenvalue weighted by molar-refractivity contribution is -0.275. The Balaban J connectivity index is 1.75. The first-order valence-corrected chi connectivity index (χ1v) is 11.4. The predicted molar refractivity (Wildman–Crippen MR) is 124 cm³/mol. The number of halogens is 5. The van der Waals surface area contributed by atoms with Gasteiger partial charge in [0.1, 0.15) is 0 Å². The van der Waals surface area contributed by atoms with Crippen LogP contribution in [0.1, 0.15) is 44.4 Å².